The van der Waals surface area contributed by atoms with E-state index in [1.165, 1.54) is 23.0 Å². The minimum Gasteiger partial charge on any atom is -0.455 e. The highest BCUT2D eigenvalue weighted by Crippen LogP contribution is 2.24. The molecule has 5 rings (SSSR count). The second-order valence-corrected chi connectivity index (χ2v) is 8.05. The lowest BCUT2D eigenvalue weighted by Crippen LogP contribution is -2.29. The molecule has 2 heterocycles. The number of carbonyl (C=O) groups is 1. The molecule has 10 heteroatoms. The molecule has 0 saturated carbocycles. The van der Waals surface area contributed by atoms with Crippen LogP contribution in [-0.4, -0.2) is 26.8 Å². The van der Waals surface area contributed by atoms with Gasteiger partial charge in [0.2, 0.25) is 0 Å². The van der Waals surface area contributed by atoms with E-state index in [0.29, 0.717) is 27.9 Å². The zero-order chi connectivity index (χ0) is 25.8. The number of furan rings is 1. The number of amides is 1. The van der Waals surface area contributed by atoms with Gasteiger partial charge >= 0.3 is 0 Å². The number of hydrazone groups is 1. The molecule has 0 bridgehead atoms. The zero-order valence-corrected chi connectivity index (χ0v) is 19.3. The van der Waals surface area contributed by atoms with Gasteiger partial charge in [-0.2, -0.15) is 10.2 Å². The molecule has 2 aromatic heterocycles. The van der Waals surface area contributed by atoms with Crippen molar-refractivity contribution in [3.63, 3.8) is 0 Å². The van der Waals surface area contributed by atoms with E-state index < -0.39 is 10.8 Å². The van der Waals surface area contributed by atoms with Crippen LogP contribution < -0.4 is 11.0 Å². The monoisotopic (exact) mass is 493 g/mol. The number of benzene rings is 3. The third kappa shape index (κ3) is 5.03. The molecule has 37 heavy (non-hydrogen) atoms. The second kappa shape index (κ2) is 10.1. The highest BCUT2D eigenvalue weighted by molar-refractivity contribution is 6.04. The van der Waals surface area contributed by atoms with Gasteiger partial charge in [-0.15, -0.1) is 0 Å². The zero-order valence-electron chi connectivity index (χ0n) is 19.3. The van der Waals surface area contributed by atoms with Crippen molar-refractivity contribution in [3.05, 3.63) is 128 Å². The third-order valence-corrected chi connectivity index (χ3v) is 5.61. The lowest BCUT2D eigenvalue weighted by atomic mass is 10.1. The van der Waals surface area contributed by atoms with Gasteiger partial charge in [0.1, 0.15) is 11.5 Å². The van der Waals surface area contributed by atoms with E-state index in [4.69, 9.17) is 4.42 Å². The van der Waals surface area contributed by atoms with Gasteiger partial charge in [0.25, 0.3) is 17.2 Å². The van der Waals surface area contributed by atoms with Crippen molar-refractivity contribution in [1.82, 2.24) is 15.2 Å². The fourth-order valence-electron chi connectivity index (χ4n) is 3.80. The van der Waals surface area contributed by atoms with E-state index in [-0.39, 0.29) is 23.5 Å². The van der Waals surface area contributed by atoms with Gasteiger partial charge in [0.05, 0.1) is 23.1 Å². The maximum Gasteiger partial charge on any atom is 0.292 e. The van der Waals surface area contributed by atoms with Crippen molar-refractivity contribution in [3.8, 4) is 11.3 Å². The van der Waals surface area contributed by atoms with Gasteiger partial charge in [-0.1, -0.05) is 48.5 Å². The van der Waals surface area contributed by atoms with Crippen LogP contribution in [0.25, 0.3) is 22.1 Å². The van der Waals surface area contributed by atoms with E-state index in [9.17, 15) is 19.7 Å². The molecule has 0 aliphatic carbocycles. The molecule has 0 aliphatic rings. The first-order valence-corrected chi connectivity index (χ1v) is 11.2. The number of non-ortho nitro benzene ring substituents is 1. The van der Waals surface area contributed by atoms with E-state index in [0.717, 1.165) is 5.56 Å². The number of fused-ring (bicyclic) bond motifs is 1. The Balaban J connectivity index is 1.36. The van der Waals surface area contributed by atoms with Crippen LogP contribution in [0.3, 0.4) is 0 Å². The molecule has 0 aliphatic heterocycles. The summed E-state index contributed by atoms with van der Waals surface area (Å²) >= 11 is 0. The van der Waals surface area contributed by atoms with Gasteiger partial charge in [0, 0.05) is 23.1 Å². The fraction of sp³-hybridized carbons (Fsp3) is 0.0370. The number of nitro benzene ring substituents is 1. The summed E-state index contributed by atoms with van der Waals surface area (Å²) in [7, 11) is 0. The lowest BCUT2D eigenvalue weighted by Gasteiger charge is -2.10. The maximum absolute atomic E-state index is 13.0. The minimum absolute atomic E-state index is 0.0176. The summed E-state index contributed by atoms with van der Waals surface area (Å²) in [6, 6.07) is 25.4. The minimum atomic E-state index is -0.587. The molecule has 3 aromatic carbocycles. The van der Waals surface area contributed by atoms with E-state index >= 15 is 0 Å². The SMILES string of the molecule is O=C(N/N=C/c1ccc(-c2ccc([N+](=O)[O-])cc2)o1)c1nn(Cc2ccccc2)c(=O)c2ccccc12. The van der Waals surface area contributed by atoms with Gasteiger partial charge in [-0.05, 0) is 35.9 Å². The average Bonchev–Trinajstić information content (AvgIpc) is 3.40. The van der Waals surface area contributed by atoms with Crippen LogP contribution in [0.2, 0.25) is 0 Å². The van der Waals surface area contributed by atoms with Crippen LogP contribution >= 0.6 is 0 Å². The Morgan fingerprint density at radius 1 is 0.973 bits per heavy atom. The Kier molecular flexibility index (Phi) is 6.37. The summed E-state index contributed by atoms with van der Waals surface area (Å²) in [4.78, 5) is 36.3. The molecule has 182 valence electrons. The summed E-state index contributed by atoms with van der Waals surface area (Å²) in [5, 5.41) is 19.9. The van der Waals surface area contributed by atoms with Crippen molar-refractivity contribution in [2.75, 3.05) is 0 Å². The van der Waals surface area contributed by atoms with Crippen molar-refractivity contribution in [1.29, 1.82) is 0 Å². The van der Waals surface area contributed by atoms with Crippen LogP contribution in [0.15, 0.2) is 105 Å². The lowest BCUT2D eigenvalue weighted by molar-refractivity contribution is -0.384. The maximum atomic E-state index is 13.0. The van der Waals surface area contributed by atoms with Crippen LogP contribution in [-0.2, 0) is 6.54 Å². The van der Waals surface area contributed by atoms with Gasteiger partial charge in [-0.3, -0.25) is 19.7 Å². The molecule has 0 saturated heterocycles. The Hall–Kier alpha value is -5.38. The first-order valence-electron chi connectivity index (χ1n) is 11.2. The average molecular weight is 493 g/mol. The first kappa shape index (κ1) is 23.4. The van der Waals surface area contributed by atoms with Gasteiger partial charge in [-0.25, -0.2) is 10.1 Å². The van der Waals surface area contributed by atoms with Crippen molar-refractivity contribution in [2.24, 2.45) is 5.10 Å². The van der Waals surface area contributed by atoms with Crippen LogP contribution in [0.5, 0.6) is 0 Å². The molecule has 0 atom stereocenters. The fourth-order valence-corrected chi connectivity index (χ4v) is 3.80. The number of aromatic nitrogens is 2. The Labute approximate surface area is 209 Å². The molecule has 0 fully saturated rings. The second-order valence-electron chi connectivity index (χ2n) is 8.05. The van der Waals surface area contributed by atoms with Crippen molar-refractivity contribution >= 4 is 28.6 Å². The molecule has 10 nitrogen and oxygen atoms in total. The van der Waals surface area contributed by atoms with Crippen molar-refractivity contribution in [2.45, 2.75) is 6.54 Å². The van der Waals surface area contributed by atoms with E-state index in [1.807, 2.05) is 30.3 Å². The summed E-state index contributed by atoms with van der Waals surface area (Å²) < 4.78 is 6.96. The summed E-state index contributed by atoms with van der Waals surface area (Å²) in [6.07, 6.45) is 1.33. The Morgan fingerprint density at radius 3 is 2.41 bits per heavy atom. The molecule has 5 aromatic rings. The third-order valence-electron chi connectivity index (χ3n) is 5.61. The summed E-state index contributed by atoms with van der Waals surface area (Å²) in [6.45, 7) is 0.214. The number of hydrogen-bond donors (Lipinski definition) is 1. The topological polar surface area (TPSA) is 133 Å². The molecule has 0 spiro atoms. The first-order chi connectivity index (χ1) is 18.0. The highest BCUT2D eigenvalue weighted by Gasteiger charge is 2.16. The van der Waals surface area contributed by atoms with Crippen LogP contribution in [0.1, 0.15) is 21.8 Å². The standard InChI is InChI=1S/C27H19N5O5/c33-26(29-28-16-21-14-15-24(37-21)19-10-12-20(13-11-19)32(35)36)25-22-8-4-5-9-23(22)27(34)31(30-25)17-18-6-2-1-3-7-18/h1-16H,17H2,(H,29,33)/b28-16+. The van der Waals surface area contributed by atoms with Crippen LogP contribution in [0, 0.1) is 10.1 Å². The summed E-state index contributed by atoms with van der Waals surface area (Å²) in [5.74, 6) is 0.264. The normalized spacial score (nSPS) is 11.1. The summed E-state index contributed by atoms with van der Waals surface area (Å²) in [5.41, 5.74) is 3.72. The Bertz CT molecular complexity index is 1690. The number of nitrogens with zero attached hydrogens (tertiary/aromatic N) is 4. The van der Waals surface area contributed by atoms with Gasteiger partial charge in [0.15, 0.2) is 5.69 Å². The highest BCUT2D eigenvalue weighted by atomic mass is 16.6. The molecular formula is C27H19N5O5. The van der Waals surface area contributed by atoms with E-state index in [1.54, 1.807) is 48.5 Å². The van der Waals surface area contributed by atoms with E-state index in [2.05, 4.69) is 15.6 Å². The molecule has 0 unspecified atom stereocenters. The number of rotatable bonds is 7. The number of carbonyl (C=O) groups excluding carboxylic acids is 1. The predicted octanol–water partition coefficient (Wildman–Crippen LogP) is 4.38. The predicted molar refractivity (Wildman–Crippen MR) is 137 cm³/mol. The molecular weight excluding hydrogens is 474 g/mol. The molecule has 1 N–H and O–H groups in total. The van der Waals surface area contributed by atoms with Crippen molar-refractivity contribution < 1.29 is 14.1 Å². The van der Waals surface area contributed by atoms with Crippen LogP contribution in [0.4, 0.5) is 5.69 Å². The molecule has 0 radical (unpaired) electrons. The van der Waals surface area contributed by atoms with Gasteiger partial charge < -0.3 is 4.42 Å². The smallest absolute Gasteiger partial charge is 0.292 e. The molecule has 1 amide bonds. The largest absolute Gasteiger partial charge is 0.455 e. The number of nitro groups is 1. The quantitative estimate of drug-likeness (QED) is 0.203. The Morgan fingerprint density at radius 2 is 1.68 bits per heavy atom. The number of nitrogens with one attached hydrogen (secondary N) is 1. The number of hydrogen-bond acceptors (Lipinski definition) is 7.